The highest BCUT2D eigenvalue weighted by Crippen LogP contribution is 2.27. The van der Waals surface area contributed by atoms with E-state index in [2.05, 4.69) is 0 Å². The standard InChI is InChI=1S/C14H18N2O3S2/c1-10(2)16(9-11-4-3-7-20-11)21(18,19)12-5-6-14(17)13(15)8-12/h3-8,10,17H,9,15H2,1-2H3. The van der Waals surface area contributed by atoms with Gasteiger partial charge >= 0.3 is 0 Å². The van der Waals surface area contributed by atoms with Gasteiger partial charge in [-0.15, -0.1) is 11.3 Å². The largest absolute Gasteiger partial charge is 0.506 e. The third-order valence-electron chi connectivity index (χ3n) is 3.07. The second kappa shape index (κ2) is 6.05. The molecule has 0 bridgehead atoms. The van der Waals surface area contributed by atoms with E-state index < -0.39 is 10.0 Å². The fourth-order valence-electron chi connectivity index (χ4n) is 1.93. The number of phenols is 1. The lowest BCUT2D eigenvalue weighted by Gasteiger charge is -2.25. The minimum atomic E-state index is -3.67. The molecule has 21 heavy (non-hydrogen) atoms. The van der Waals surface area contributed by atoms with Crippen molar-refractivity contribution in [1.29, 1.82) is 0 Å². The molecule has 0 saturated carbocycles. The van der Waals surface area contributed by atoms with Gasteiger partial charge in [-0.25, -0.2) is 8.42 Å². The SMILES string of the molecule is CC(C)N(Cc1cccs1)S(=O)(=O)c1ccc(O)c(N)c1. The van der Waals surface area contributed by atoms with Gasteiger partial charge in [-0.05, 0) is 43.5 Å². The molecule has 2 rings (SSSR count). The number of hydrogen-bond acceptors (Lipinski definition) is 5. The maximum absolute atomic E-state index is 12.8. The predicted molar refractivity (Wildman–Crippen MR) is 84.7 cm³/mol. The molecule has 114 valence electrons. The summed E-state index contributed by atoms with van der Waals surface area (Å²) in [5.74, 6) is -0.122. The first-order valence-electron chi connectivity index (χ1n) is 6.45. The molecule has 0 unspecified atom stereocenters. The summed E-state index contributed by atoms with van der Waals surface area (Å²) in [6.07, 6.45) is 0. The van der Waals surface area contributed by atoms with Gasteiger partial charge in [0.1, 0.15) is 5.75 Å². The number of sulfonamides is 1. The van der Waals surface area contributed by atoms with Crippen molar-refractivity contribution in [3.63, 3.8) is 0 Å². The van der Waals surface area contributed by atoms with Crippen LogP contribution in [0.15, 0.2) is 40.6 Å². The number of rotatable bonds is 5. The van der Waals surface area contributed by atoms with Crippen LogP contribution in [0.5, 0.6) is 5.75 Å². The van der Waals surface area contributed by atoms with E-state index >= 15 is 0 Å². The number of phenolic OH excluding ortho intramolecular Hbond substituents is 1. The van der Waals surface area contributed by atoms with Gasteiger partial charge < -0.3 is 10.8 Å². The molecule has 2 aromatic rings. The molecule has 0 saturated heterocycles. The summed E-state index contributed by atoms with van der Waals surface area (Å²) in [6, 6.07) is 7.56. The van der Waals surface area contributed by atoms with Crippen LogP contribution in [0.3, 0.4) is 0 Å². The Morgan fingerprint density at radius 3 is 2.57 bits per heavy atom. The van der Waals surface area contributed by atoms with Crippen molar-refractivity contribution in [2.75, 3.05) is 5.73 Å². The van der Waals surface area contributed by atoms with Crippen molar-refractivity contribution in [1.82, 2.24) is 4.31 Å². The molecule has 3 N–H and O–H groups in total. The summed E-state index contributed by atoms with van der Waals surface area (Å²) < 4.78 is 26.9. The molecule has 0 atom stereocenters. The summed E-state index contributed by atoms with van der Waals surface area (Å²) in [4.78, 5) is 1.06. The zero-order chi connectivity index (χ0) is 15.6. The molecule has 0 aliphatic heterocycles. The average Bonchev–Trinajstić information content (AvgIpc) is 2.91. The van der Waals surface area contributed by atoms with E-state index in [1.807, 2.05) is 31.4 Å². The number of thiophene rings is 1. The predicted octanol–water partition coefficient (Wildman–Crippen LogP) is 2.64. The lowest BCUT2D eigenvalue weighted by molar-refractivity contribution is 0.350. The lowest BCUT2D eigenvalue weighted by Crippen LogP contribution is -2.36. The number of anilines is 1. The van der Waals surface area contributed by atoms with Gasteiger partial charge in [0.2, 0.25) is 10.0 Å². The highest BCUT2D eigenvalue weighted by Gasteiger charge is 2.27. The monoisotopic (exact) mass is 326 g/mol. The van der Waals surface area contributed by atoms with Crippen molar-refractivity contribution in [3.8, 4) is 5.75 Å². The second-order valence-electron chi connectivity index (χ2n) is 4.94. The van der Waals surface area contributed by atoms with Crippen LogP contribution in [-0.2, 0) is 16.6 Å². The topological polar surface area (TPSA) is 83.6 Å². The minimum Gasteiger partial charge on any atom is -0.506 e. The molecule has 0 amide bonds. The van der Waals surface area contributed by atoms with Crippen LogP contribution in [0.4, 0.5) is 5.69 Å². The normalized spacial score (nSPS) is 12.2. The van der Waals surface area contributed by atoms with E-state index in [4.69, 9.17) is 5.73 Å². The number of nitrogen functional groups attached to an aromatic ring is 1. The molecule has 1 aromatic heterocycles. The third-order valence-corrected chi connectivity index (χ3v) is 5.95. The Morgan fingerprint density at radius 2 is 2.05 bits per heavy atom. The molecule has 1 heterocycles. The maximum atomic E-state index is 12.8. The first-order valence-corrected chi connectivity index (χ1v) is 8.77. The molecule has 0 spiro atoms. The Bertz CT molecular complexity index is 710. The van der Waals surface area contributed by atoms with Crippen molar-refractivity contribution >= 4 is 27.0 Å². The van der Waals surface area contributed by atoms with Gasteiger partial charge in [-0.3, -0.25) is 0 Å². The molecule has 1 aromatic carbocycles. The highest BCUT2D eigenvalue weighted by molar-refractivity contribution is 7.89. The molecular weight excluding hydrogens is 308 g/mol. The van der Waals surface area contributed by atoms with Crippen molar-refractivity contribution in [3.05, 3.63) is 40.6 Å². The van der Waals surface area contributed by atoms with Crippen LogP contribution < -0.4 is 5.73 Å². The minimum absolute atomic E-state index is 0.0518. The molecule has 5 nitrogen and oxygen atoms in total. The molecular formula is C14H18N2O3S2. The fourth-order valence-corrected chi connectivity index (χ4v) is 4.36. The van der Waals surface area contributed by atoms with Gasteiger partial charge in [0.25, 0.3) is 0 Å². The van der Waals surface area contributed by atoms with Gasteiger partial charge in [0, 0.05) is 17.5 Å². The maximum Gasteiger partial charge on any atom is 0.243 e. The summed E-state index contributed by atoms with van der Waals surface area (Å²) in [6.45, 7) is 3.97. The van der Waals surface area contributed by atoms with E-state index in [-0.39, 0.29) is 22.4 Å². The second-order valence-corrected chi connectivity index (χ2v) is 7.87. The summed E-state index contributed by atoms with van der Waals surface area (Å²) in [5.41, 5.74) is 5.65. The lowest BCUT2D eigenvalue weighted by atomic mass is 10.3. The van der Waals surface area contributed by atoms with Crippen LogP contribution in [0.25, 0.3) is 0 Å². The van der Waals surface area contributed by atoms with Crippen LogP contribution in [0.2, 0.25) is 0 Å². The summed E-state index contributed by atoms with van der Waals surface area (Å²) in [7, 11) is -3.67. The number of hydrogen-bond donors (Lipinski definition) is 2. The number of nitrogens with zero attached hydrogens (tertiary/aromatic N) is 1. The van der Waals surface area contributed by atoms with Crippen molar-refractivity contribution < 1.29 is 13.5 Å². The Morgan fingerprint density at radius 1 is 1.33 bits per heavy atom. The molecule has 0 fully saturated rings. The summed E-state index contributed by atoms with van der Waals surface area (Å²) in [5, 5.41) is 11.3. The van der Waals surface area contributed by atoms with E-state index in [0.29, 0.717) is 6.54 Å². The Labute approximate surface area is 128 Å². The Hall–Kier alpha value is -1.57. The number of nitrogens with two attached hydrogens (primary N) is 1. The van der Waals surface area contributed by atoms with Crippen LogP contribution in [-0.4, -0.2) is 23.9 Å². The number of aromatic hydroxyl groups is 1. The van der Waals surface area contributed by atoms with Gasteiger partial charge in [-0.1, -0.05) is 6.07 Å². The smallest absolute Gasteiger partial charge is 0.243 e. The average molecular weight is 326 g/mol. The van der Waals surface area contributed by atoms with E-state index in [1.54, 1.807) is 0 Å². The first kappa shape index (κ1) is 15.8. The Kier molecular flexibility index (Phi) is 4.55. The zero-order valence-electron chi connectivity index (χ0n) is 11.9. The van der Waals surface area contributed by atoms with Crippen molar-refractivity contribution in [2.45, 2.75) is 31.3 Å². The molecule has 7 heteroatoms. The summed E-state index contributed by atoms with van der Waals surface area (Å²) >= 11 is 1.51. The molecule has 0 aliphatic rings. The van der Waals surface area contributed by atoms with Gasteiger partial charge in [0.15, 0.2) is 0 Å². The molecule has 0 aliphatic carbocycles. The quantitative estimate of drug-likeness (QED) is 0.653. The van der Waals surface area contributed by atoms with E-state index in [0.717, 1.165) is 4.88 Å². The Balaban J connectivity index is 2.39. The third kappa shape index (κ3) is 3.37. The van der Waals surface area contributed by atoms with Crippen molar-refractivity contribution in [2.24, 2.45) is 0 Å². The van der Waals surface area contributed by atoms with Gasteiger partial charge in [-0.2, -0.15) is 4.31 Å². The zero-order valence-corrected chi connectivity index (χ0v) is 13.5. The fraction of sp³-hybridized carbons (Fsp3) is 0.286. The van der Waals surface area contributed by atoms with E-state index in [1.165, 1.54) is 33.8 Å². The van der Waals surface area contributed by atoms with Crippen LogP contribution >= 0.6 is 11.3 Å². The first-order chi connectivity index (χ1) is 9.82. The van der Waals surface area contributed by atoms with Crippen LogP contribution in [0, 0.1) is 0 Å². The number of benzene rings is 1. The van der Waals surface area contributed by atoms with Crippen LogP contribution in [0.1, 0.15) is 18.7 Å². The molecule has 0 radical (unpaired) electrons. The highest BCUT2D eigenvalue weighted by atomic mass is 32.2. The van der Waals surface area contributed by atoms with Gasteiger partial charge in [0.05, 0.1) is 10.6 Å². The van der Waals surface area contributed by atoms with E-state index in [9.17, 15) is 13.5 Å².